The second kappa shape index (κ2) is 5.62. The van der Waals surface area contributed by atoms with Gasteiger partial charge in [-0.05, 0) is 44.9 Å². The van der Waals surface area contributed by atoms with Gasteiger partial charge in [-0.2, -0.15) is 0 Å². The largest absolute Gasteiger partial charge is 0.325 e. The zero-order chi connectivity index (χ0) is 15.0. The van der Waals surface area contributed by atoms with Gasteiger partial charge < -0.3 is 10.3 Å². The number of hydrogen-bond acceptors (Lipinski definition) is 2. The number of nitrogens with zero attached hydrogens (tertiary/aromatic N) is 2. The van der Waals surface area contributed by atoms with Crippen molar-refractivity contribution in [3.8, 4) is 0 Å². The molecule has 1 aromatic heterocycles. The number of benzene rings is 1. The van der Waals surface area contributed by atoms with E-state index in [4.69, 9.17) is 22.3 Å². The van der Waals surface area contributed by atoms with Crippen molar-refractivity contribution in [3.63, 3.8) is 0 Å². The van der Waals surface area contributed by atoms with Crippen LogP contribution in [0.4, 0.5) is 0 Å². The van der Waals surface area contributed by atoms with E-state index in [0.717, 1.165) is 41.1 Å². The van der Waals surface area contributed by atoms with Gasteiger partial charge in [-0.1, -0.05) is 30.9 Å². The van der Waals surface area contributed by atoms with Gasteiger partial charge in [0.25, 0.3) is 0 Å². The predicted octanol–water partition coefficient (Wildman–Crippen LogP) is 4.47. The van der Waals surface area contributed by atoms with Crippen molar-refractivity contribution in [1.29, 1.82) is 0 Å². The van der Waals surface area contributed by atoms with E-state index >= 15 is 0 Å². The normalized spacial score (nSPS) is 18.5. The van der Waals surface area contributed by atoms with Crippen LogP contribution in [-0.4, -0.2) is 15.1 Å². The second-order valence-corrected chi connectivity index (χ2v) is 7.16. The summed E-state index contributed by atoms with van der Waals surface area (Å²) in [5, 5.41) is 0.760. The lowest BCUT2D eigenvalue weighted by Crippen LogP contribution is -2.44. The molecule has 2 N–H and O–H groups in total. The molecule has 0 aliphatic heterocycles. The molecule has 4 heteroatoms. The Labute approximate surface area is 131 Å². The Balaban J connectivity index is 2.03. The molecule has 114 valence electrons. The van der Waals surface area contributed by atoms with Crippen molar-refractivity contribution in [3.05, 3.63) is 29.0 Å². The van der Waals surface area contributed by atoms with Crippen LogP contribution in [-0.2, 0) is 6.42 Å². The summed E-state index contributed by atoms with van der Waals surface area (Å²) in [7, 11) is 0. The van der Waals surface area contributed by atoms with Crippen LogP contribution < -0.4 is 5.73 Å². The Morgan fingerprint density at radius 2 is 2.00 bits per heavy atom. The summed E-state index contributed by atoms with van der Waals surface area (Å²) in [6.45, 7) is 4.38. The fourth-order valence-electron chi connectivity index (χ4n) is 3.56. The molecule has 0 atom stereocenters. The summed E-state index contributed by atoms with van der Waals surface area (Å²) in [5.74, 6) is 1.10. The Morgan fingerprint density at radius 1 is 1.29 bits per heavy atom. The maximum absolute atomic E-state index is 6.63. The molecule has 2 aromatic rings. The first-order chi connectivity index (χ1) is 9.98. The zero-order valence-corrected chi connectivity index (χ0v) is 13.7. The molecule has 1 fully saturated rings. The number of halogens is 1. The van der Waals surface area contributed by atoms with E-state index < -0.39 is 0 Å². The van der Waals surface area contributed by atoms with Gasteiger partial charge in [0.2, 0.25) is 0 Å². The molecule has 0 bridgehead atoms. The van der Waals surface area contributed by atoms with E-state index in [9.17, 15) is 0 Å². The molecule has 1 aliphatic rings. The molecule has 0 amide bonds. The van der Waals surface area contributed by atoms with Crippen LogP contribution in [0, 0.1) is 0 Å². The minimum Gasteiger partial charge on any atom is -0.325 e. The number of fused-ring (bicyclic) bond motifs is 1. The third-order valence-corrected chi connectivity index (χ3v) is 4.84. The molecule has 1 saturated carbocycles. The fourth-order valence-corrected chi connectivity index (χ4v) is 3.73. The first kappa shape index (κ1) is 14.9. The van der Waals surface area contributed by atoms with E-state index in [-0.39, 0.29) is 5.54 Å². The highest BCUT2D eigenvalue weighted by atomic mass is 35.5. The number of nitrogens with two attached hydrogens (primary N) is 1. The van der Waals surface area contributed by atoms with Gasteiger partial charge in [-0.15, -0.1) is 0 Å². The molecule has 21 heavy (non-hydrogen) atoms. The monoisotopic (exact) mass is 305 g/mol. The second-order valence-electron chi connectivity index (χ2n) is 6.72. The first-order valence-corrected chi connectivity index (χ1v) is 8.32. The quantitative estimate of drug-likeness (QED) is 0.909. The summed E-state index contributed by atoms with van der Waals surface area (Å²) < 4.78 is 2.30. The van der Waals surface area contributed by atoms with Crippen molar-refractivity contribution in [1.82, 2.24) is 9.55 Å². The molecule has 3 rings (SSSR count). The van der Waals surface area contributed by atoms with Gasteiger partial charge in [0, 0.05) is 23.0 Å². The molecule has 0 unspecified atom stereocenters. The highest BCUT2D eigenvalue weighted by Gasteiger charge is 2.30. The summed E-state index contributed by atoms with van der Waals surface area (Å²) in [5.41, 5.74) is 8.68. The van der Waals surface area contributed by atoms with E-state index in [2.05, 4.69) is 18.4 Å². The van der Waals surface area contributed by atoms with Crippen LogP contribution in [0.1, 0.15) is 57.8 Å². The molecule has 1 heterocycles. The highest BCUT2D eigenvalue weighted by molar-refractivity contribution is 6.31. The van der Waals surface area contributed by atoms with Crippen molar-refractivity contribution in [2.24, 2.45) is 5.73 Å². The lowest BCUT2D eigenvalue weighted by molar-refractivity contribution is 0.286. The molecule has 0 spiro atoms. The Hall–Kier alpha value is -1.06. The third-order valence-electron chi connectivity index (χ3n) is 4.60. The van der Waals surface area contributed by atoms with Crippen molar-refractivity contribution in [2.45, 2.75) is 64.0 Å². The van der Waals surface area contributed by atoms with Gasteiger partial charge in [0.05, 0.1) is 11.0 Å². The standard InChI is InChI=1S/C17H24ClN3/c1-12(2)21-15-10-13(18)6-7-14(15)20-16(21)11-17(19)8-4-3-5-9-17/h6-7,10,12H,3-5,8-9,11,19H2,1-2H3. The average molecular weight is 306 g/mol. The zero-order valence-electron chi connectivity index (χ0n) is 12.9. The molecule has 0 saturated heterocycles. The van der Waals surface area contributed by atoms with Crippen molar-refractivity contribution < 1.29 is 0 Å². The fraction of sp³-hybridized carbons (Fsp3) is 0.588. The van der Waals surface area contributed by atoms with Crippen molar-refractivity contribution in [2.75, 3.05) is 0 Å². The smallest absolute Gasteiger partial charge is 0.111 e. The van der Waals surface area contributed by atoms with E-state index in [0.29, 0.717) is 6.04 Å². The van der Waals surface area contributed by atoms with Gasteiger partial charge in [-0.25, -0.2) is 4.98 Å². The summed E-state index contributed by atoms with van der Waals surface area (Å²) in [4.78, 5) is 4.84. The first-order valence-electron chi connectivity index (χ1n) is 7.94. The van der Waals surface area contributed by atoms with Crippen molar-refractivity contribution >= 4 is 22.6 Å². The third kappa shape index (κ3) is 2.95. The maximum Gasteiger partial charge on any atom is 0.111 e. The molecular formula is C17H24ClN3. The average Bonchev–Trinajstić information content (AvgIpc) is 2.75. The summed E-state index contributed by atoms with van der Waals surface area (Å²) in [6, 6.07) is 6.28. The number of imidazole rings is 1. The predicted molar refractivity (Wildman–Crippen MR) is 88.8 cm³/mol. The van der Waals surface area contributed by atoms with E-state index in [1.165, 1.54) is 19.3 Å². The topological polar surface area (TPSA) is 43.8 Å². The lowest BCUT2D eigenvalue weighted by Gasteiger charge is -2.33. The van der Waals surface area contributed by atoms with Gasteiger partial charge in [-0.3, -0.25) is 0 Å². The van der Waals surface area contributed by atoms with Crippen LogP contribution in [0.3, 0.4) is 0 Å². The minimum absolute atomic E-state index is 0.0872. The highest BCUT2D eigenvalue weighted by Crippen LogP contribution is 2.31. The van der Waals surface area contributed by atoms with E-state index in [1.807, 2.05) is 18.2 Å². The molecular weight excluding hydrogens is 282 g/mol. The Bertz CT molecular complexity index is 639. The minimum atomic E-state index is -0.0872. The molecule has 3 nitrogen and oxygen atoms in total. The lowest BCUT2D eigenvalue weighted by atomic mass is 9.80. The number of aromatic nitrogens is 2. The van der Waals surface area contributed by atoms with Crippen LogP contribution in [0.2, 0.25) is 5.02 Å². The molecule has 0 radical (unpaired) electrons. The SMILES string of the molecule is CC(C)n1c(CC2(N)CCCCC2)nc2ccc(Cl)cc21. The number of rotatable bonds is 3. The number of hydrogen-bond donors (Lipinski definition) is 1. The van der Waals surface area contributed by atoms with E-state index in [1.54, 1.807) is 0 Å². The Morgan fingerprint density at radius 3 is 2.67 bits per heavy atom. The molecule has 1 aromatic carbocycles. The van der Waals surface area contributed by atoms with Gasteiger partial charge >= 0.3 is 0 Å². The summed E-state index contributed by atoms with van der Waals surface area (Å²) in [6.07, 6.45) is 6.87. The summed E-state index contributed by atoms with van der Waals surface area (Å²) >= 11 is 6.16. The van der Waals surface area contributed by atoms with Gasteiger partial charge in [0.15, 0.2) is 0 Å². The Kier molecular flexibility index (Phi) is 3.98. The molecule has 1 aliphatic carbocycles. The van der Waals surface area contributed by atoms with Crippen LogP contribution in [0.5, 0.6) is 0 Å². The maximum atomic E-state index is 6.63. The van der Waals surface area contributed by atoms with Gasteiger partial charge in [0.1, 0.15) is 5.82 Å². The van der Waals surface area contributed by atoms with Crippen LogP contribution in [0.25, 0.3) is 11.0 Å². The van der Waals surface area contributed by atoms with Crippen LogP contribution in [0.15, 0.2) is 18.2 Å². The van der Waals surface area contributed by atoms with Crippen LogP contribution >= 0.6 is 11.6 Å².